The molecule has 0 fully saturated rings. The number of carbonyl (C=O) groups is 1. The van der Waals surface area contributed by atoms with Crippen LogP contribution in [0.25, 0.3) is 44.7 Å². The quantitative estimate of drug-likeness (QED) is 0.129. The highest BCUT2D eigenvalue weighted by molar-refractivity contribution is 9.11. The van der Waals surface area contributed by atoms with Crippen molar-refractivity contribution in [3.8, 4) is 11.5 Å². The molecular formula is C42H43Br2N3O5S2. The van der Waals surface area contributed by atoms with Gasteiger partial charge in [0, 0.05) is 19.3 Å². The van der Waals surface area contributed by atoms with Gasteiger partial charge >= 0.3 is 6.09 Å². The molecule has 1 N–H and O–H groups in total. The molecule has 6 rings (SSSR count). The molecule has 2 heterocycles. The van der Waals surface area contributed by atoms with E-state index in [1.54, 1.807) is 40.7 Å². The lowest BCUT2D eigenvalue weighted by Gasteiger charge is -2.26. The summed E-state index contributed by atoms with van der Waals surface area (Å²) in [4.78, 5) is 23.5. The van der Waals surface area contributed by atoms with Crippen LogP contribution in [0.5, 0.6) is 11.5 Å². The number of aromatic hydroxyl groups is 1. The maximum absolute atomic E-state index is 12.6. The fourth-order valence-corrected chi connectivity index (χ4v) is 7.97. The van der Waals surface area contributed by atoms with Gasteiger partial charge in [0.2, 0.25) is 0 Å². The standard InChI is InChI=1S/C24H27BrN2O4S.C18H16BrNOS/c1-6-27(23(28)31-24(2,3)4)17-9-10-19-21(14-17)32-22(26-19)12-8-16-7-11-20(18(25)13-16)30-15-29-5;1-2-3-12-4-7-15-17(11-12)22-18(20-15)9-6-13-5-8-16(21)14(19)10-13/h7-14H,6,15H2,1-5H3;4-11,21H,2-3H2,1H3/b12-8+;9-6+. The molecule has 12 heteroatoms. The van der Waals surface area contributed by atoms with E-state index in [1.807, 2.05) is 101 Å². The predicted molar refractivity (Wildman–Crippen MR) is 233 cm³/mol. The summed E-state index contributed by atoms with van der Waals surface area (Å²) in [6.45, 7) is 10.4. The van der Waals surface area contributed by atoms with Crippen LogP contribution in [-0.4, -0.2) is 47.2 Å². The summed E-state index contributed by atoms with van der Waals surface area (Å²) in [7, 11) is 1.59. The van der Waals surface area contributed by atoms with Gasteiger partial charge in [-0.3, -0.25) is 4.90 Å². The number of ether oxygens (including phenoxy) is 3. The first-order valence-electron chi connectivity index (χ1n) is 17.4. The Morgan fingerprint density at radius 3 is 2.00 bits per heavy atom. The van der Waals surface area contributed by atoms with E-state index in [0.717, 1.165) is 65.6 Å². The molecule has 0 saturated carbocycles. The van der Waals surface area contributed by atoms with Gasteiger partial charge in [-0.2, -0.15) is 0 Å². The van der Waals surface area contributed by atoms with Gasteiger partial charge in [-0.15, -0.1) is 22.7 Å². The zero-order chi connectivity index (χ0) is 38.8. The summed E-state index contributed by atoms with van der Waals surface area (Å²) in [5, 5.41) is 11.4. The second-order valence-corrected chi connectivity index (χ2v) is 17.0. The Morgan fingerprint density at radius 1 is 0.815 bits per heavy atom. The minimum atomic E-state index is -0.542. The number of hydrogen-bond donors (Lipinski definition) is 1. The van der Waals surface area contributed by atoms with Crippen molar-refractivity contribution in [3.05, 3.63) is 108 Å². The Morgan fingerprint density at radius 2 is 1.43 bits per heavy atom. The van der Waals surface area contributed by atoms with E-state index in [2.05, 4.69) is 67.0 Å². The number of phenolic OH excluding ortho intramolecular Hbond substituents is 1. The Hall–Kier alpha value is -4.07. The number of benzene rings is 4. The second-order valence-electron chi connectivity index (χ2n) is 13.2. The maximum Gasteiger partial charge on any atom is 0.414 e. The van der Waals surface area contributed by atoms with E-state index < -0.39 is 5.60 Å². The van der Waals surface area contributed by atoms with Gasteiger partial charge in [-0.1, -0.05) is 43.7 Å². The molecule has 6 aromatic rings. The summed E-state index contributed by atoms with van der Waals surface area (Å²) in [5.74, 6) is 0.975. The molecule has 8 nitrogen and oxygen atoms in total. The first kappa shape index (κ1) is 41.1. The van der Waals surface area contributed by atoms with Crippen LogP contribution in [0.1, 0.15) is 67.7 Å². The number of hydrogen-bond acceptors (Lipinski definition) is 9. The predicted octanol–water partition coefficient (Wildman–Crippen LogP) is 12.9. The minimum absolute atomic E-state index is 0.199. The topological polar surface area (TPSA) is 94.0 Å². The molecule has 0 bridgehead atoms. The highest BCUT2D eigenvalue weighted by Gasteiger charge is 2.22. The summed E-state index contributed by atoms with van der Waals surface area (Å²) in [6, 6.07) is 23.6. The van der Waals surface area contributed by atoms with Gasteiger partial charge < -0.3 is 19.3 Å². The van der Waals surface area contributed by atoms with Crippen molar-refractivity contribution in [2.45, 2.75) is 53.1 Å². The van der Waals surface area contributed by atoms with Crippen LogP contribution in [-0.2, 0) is 15.9 Å². The van der Waals surface area contributed by atoms with Gasteiger partial charge in [0.1, 0.15) is 27.1 Å². The smallest absolute Gasteiger partial charge is 0.414 e. The van der Waals surface area contributed by atoms with E-state index in [0.29, 0.717) is 11.0 Å². The van der Waals surface area contributed by atoms with Crippen molar-refractivity contribution in [2.75, 3.05) is 25.3 Å². The Kier molecular flexibility index (Phi) is 14.5. The highest BCUT2D eigenvalue weighted by atomic mass is 79.9. The van der Waals surface area contributed by atoms with E-state index in [-0.39, 0.29) is 18.6 Å². The van der Waals surface area contributed by atoms with Gasteiger partial charge in [0.25, 0.3) is 0 Å². The van der Waals surface area contributed by atoms with Crippen LogP contribution in [0.3, 0.4) is 0 Å². The van der Waals surface area contributed by atoms with Crippen molar-refractivity contribution in [1.29, 1.82) is 0 Å². The van der Waals surface area contributed by atoms with Crippen LogP contribution < -0.4 is 9.64 Å². The SMILES string of the molecule is CCCc1ccc2nc(/C=C/c3ccc(O)c(Br)c3)sc2c1.CCN(C(=O)OC(C)(C)C)c1ccc2nc(/C=C/c3ccc(OCOC)c(Br)c3)sc2c1. The summed E-state index contributed by atoms with van der Waals surface area (Å²) < 4.78 is 19.8. The van der Waals surface area contributed by atoms with Crippen LogP contribution in [0.15, 0.2) is 81.7 Å². The molecule has 0 aliphatic rings. The molecule has 282 valence electrons. The average molecular weight is 894 g/mol. The number of anilines is 1. The number of rotatable bonds is 11. The molecule has 2 aromatic heterocycles. The summed E-state index contributed by atoms with van der Waals surface area (Å²) in [5.41, 5.74) is 5.61. The third-order valence-electron chi connectivity index (χ3n) is 7.74. The molecule has 4 aromatic carbocycles. The van der Waals surface area contributed by atoms with Gasteiger partial charge in [0.05, 0.1) is 29.4 Å². The first-order valence-corrected chi connectivity index (χ1v) is 20.6. The fourth-order valence-electron chi connectivity index (χ4n) is 5.23. The van der Waals surface area contributed by atoms with Crippen LogP contribution in [0, 0.1) is 0 Å². The molecule has 0 unspecified atom stereocenters. The minimum Gasteiger partial charge on any atom is -0.507 e. The number of aromatic nitrogens is 2. The summed E-state index contributed by atoms with van der Waals surface area (Å²) >= 11 is 10.1. The normalized spacial score (nSPS) is 11.7. The van der Waals surface area contributed by atoms with E-state index in [4.69, 9.17) is 14.2 Å². The van der Waals surface area contributed by atoms with Crippen LogP contribution in [0.4, 0.5) is 10.5 Å². The molecule has 0 aliphatic heterocycles. The van der Waals surface area contributed by atoms with Crippen molar-refractivity contribution in [1.82, 2.24) is 9.97 Å². The third-order valence-corrected chi connectivity index (χ3v) is 11.0. The Balaban J connectivity index is 0.000000222. The number of methoxy groups -OCH3 is 1. The van der Waals surface area contributed by atoms with Crippen LogP contribution in [0.2, 0.25) is 0 Å². The monoisotopic (exact) mass is 891 g/mol. The van der Waals surface area contributed by atoms with Crippen molar-refractivity contribution in [2.24, 2.45) is 0 Å². The van der Waals surface area contributed by atoms with Gasteiger partial charge in [0.15, 0.2) is 6.79 Å². The number of fused-ring (bicyclic) bond motifs is 2. The zero-order valence-corrected chi connectivity index (χ0v) is 35.9. The number of phenols is 1. The largest absolute Gasteiger partial charge is 0.507 e. The molecule has 0 radical (unpaired) electrons. The third kappa shape index (κ3) is 11.5. The lowest BCUT2D eigenvalue weighted by molar-refractivity contribution is 0.0505. The van der Waals surface area contributed by atoms with E-state index in [1.165, 1.54) is 10.3 Å². The maximum atomic E-state index is 12.6. The number of halogens is 2. The molecule has 54 heavy (non-hydrogen) atoms. The second kappa shape index (κ2) is 19.0. The Bertz CT molecular complexity index is 2280. The molecule has 0 saturated heterocycles. The van der Waals surface area contributed by atoms with E-state index in [9.17, 15) is 9.90 Å². The molecule has 1 amide bonds. The Labute approximate surface area is 341 Å². The molecular weight excluding hydrogens is 850 g/mol. The molecule has 0 spiro atoms. The zero-order valence-electron chi connectivity index (χ0n) is 31.1. The summed E-state index contributed by atoms with van der Waals surface area (Å²) in [6.07, 6.45) is 9.92. The van der Waals surface area contributed by atoms with Crippen molar-refractivity contribution >= 4 is 111 Å². The van der Waals surface area contributed by atoms with Crippen LogP contribution >= 0.6 is 54.5 Å². The fraction of sp³-hybridized carbons (Fsp3) is 0.262. The van der Waals surface area contributed by atoms with E-state index >= 15 is 0 Å². The first-order chi connectivity index (χ1) is 25.8. The van der Waals surface area contributed by atoms with Gasteiger partial charge in [-0.05, 0) is 149 Å². The van der Waals surface area contributed by atoms with Gasteiger partial charge in [-0.25, -0.2) is 14.8 Å². The van der Waals surface area contributed by atoms with Crippen molar-refractivity contribution in [3.63, 3.8) is 0 Å². The number of thiazole rings is 2. The lowest BCUT2D eigenvalue weighted by atomic mass is 10.1. The number of amides is 1. The number of aryl methyl sites for hydroxylation is 1. The highest BCUT2D eigenvalue weighted by Crippen LogP contribution is 2.31. The van der Waals surface area contributed by atoms with Crippen molar-refractivity contribution < 1.29 is 24.1 Å². The molecule has 0 aliphatic carbocycles. The lowest BCUT2D eigenvalue weighted by Crippen LogP contribution is -2.36. The number of carbonyl (C=O) groups excluding carboxylic acids is 1. The molecule has 0 atom stereocenters. The number of nitrogens with zero attached hydrogens (tertiary/aromatic N) is 3. The average Bonchev–Trinajstić information content (AvgIpc) is 3.74.